The quantitative estimate of drug-likeness (QED) is 0.500. The molecule has 10 heteroatoms. The fourth-order valence-corrected chi connectivity index (χ4v) is 4.96. The Kier molecular flexibility index (Phi) is 8.79. The number of ether oxygens (including phenoxy) is 1. The highest BCUT2D eigenvalue weighted by Crippen LogP contribution is 2.29. The average Bonchev–Trinajstić information content (AvgIpc) is 3.09. The van der Waals surface area contributed by atoms with Gasteiger partial charge in [-0.15, -0.1) is 0 Å². The standard InChI is InChI=1S/C26H32ClN5O3S/c1-3-35-22-10-8-21(9-11-22)32-25(34)23(18-24(33)28-20-6-4-19(27)5-7-20)31(26(32)36)17-16-30-14-12-29(2)13-15-30/h4-11,23H,3,12-18H2,1-2H3,(H,28,33)/t23-/m0/s1. The van der Waals surface area contributed by atoms with Gasteiger partial charge in [0, 0.05) is 50.0 Å². The van der Waals surface area contributed by atoms with Crippen molar-refractivity contribution in [2.75, 3.05) is 63.1 Å². The number of piperazine rings is 1. The summed E-state index contributed by atoms with van der Waals surface area (Å²) < 4.78 is 5.53. The van der Waals surface area contributed by atoms with Gasteiger partial charge in [-0.2, -0.15) is 0 Å². The van der Waals surface area contributed by atoms with Crippen LogP contribution in [0.3, 0.4) is 0 Å². The third-order valence-corrected chi connectivity index (χ3v) is 7.15. The van der Waals surface area contributed by atoms with Crippen molar-refractivity contribution in [1.29, 1.82) is 0 Å². The van der Waals surface area contributed by atoms with Gasteiger partial charge in [-0.25, -0.2) is 0 Å². The number of halogens is 1. The summed E-state index contributed by atoms with van der Waals surface area (Å²) in [6.07, 6.45) is -0.00212. The zero-order valence-corrected chi connectivity index (χ0v) is 22.2. The summed E-state index contributed by atoms with van der Waals surface area (Å²) in [7, 11) is 2.12. The van der Waals surface area contributed by atoms with Crippen molar-refractivity contribution < 1.29 is 14.3 Å². The van der Waals surface area contributed by atoms with E-state index in [1.807, 2.05) is 36.1 Å². The molecule has 2 heterocycles. The Morgan fingerprint density at radius 3 is 2.36 bits per heavy atom. The summed E-state index contributed by atoms with van der Waals surface area (Å²) in [6, 6.07) is 13.5. The third kappa shape index (κ3) is 6.34. The molecule has 2 aliphatic heterocycles. The Morgan fingerprint density at radius 1 is 1.06 bits per heavy atom. The summed E-state index contributed by atoms with van der Waals surface area (Å²) in [5, 5.41) is 3.88. The van der Waals surface area contributed by atoms with Crippen LogP contribution in [0, 0.1) is 0 Å². The maximum Gasteiger partial charge on any atom is 0.256 e. The van der Waals surface area contributed by atoms with Crippen molar-refractivity contribution in [3.8, 4) is 5.75 Å². The van der Waals surface area contributed by atoms with Gasteiger partial charge in [0.2, 0.25) is 5.91 Å². The van der Waals surface area contributed by atoms with Gasteiger partial charge in [-0.1, -0.05) is 11.6 Å². The van der Waals surface area contributed by atoms with Gasteiger partial charge in [0.25, 0.3) is 5.91 Å². The Bertz CT molecular complexity index is 1070. The second-order valence-corrected chi connectivity index (χ2v) is 9.80. The number of rotatable bonds is 9. The molecule has 0 saturated carbocycles. The molecule has 0 spiro atoms. The van der Waals surface area contributed by atoms with Gasteiger partial charge in [-0.3, -0.25) is 19.4 Å². The molecule has 1 atom stereocenters. The fourth-order valence-electron chi connectivity index (χ4n) is 4.42. The molecule has 36 heavy (non-hydrogen) atoms. The minimum Gasteiger partial charge on any atom is -0.494 e. The maximum absolute atomic E-state index is 13.6. The maximum atomic E-state index is 13.6. The predicted octanol–water partition coefficient (Wildman–Crippen LogP) is 3.32. The van der Waals surface area contributed by atoms with Crippen molar-refractivity contribution in [2.24, 2.45) is 0 Å². The van der Waals surface area contributed by atoms with Crippen molar-refractivity contribution in [3.63, 3.8) is 0 Å². The molecule has 1 N–H and O–H groups in total. The highest BCUT2D eigenvalue weighted by molar-refractivity contribution is 7.80. The monoisotopic (exact) mass is 529 g/mol. The normalized spacial score (nSPS) is 19.1. The molecule has 0 bridgehead atoms. The summed E-state index contributed by atoms with van der Waals surface area (Å²) >= 11 is 11.7. The molecule has 192 valence electrons. The second kappa shape index (κ2) is 12.0. The molecule has 8 nitrogen and oxygen atoms in total. The molecule has 0 radical (unpaired) electrons. The number of thiocarbonyl (C=S) groups is 1. The number of amides is 2. The van der Waals surface area contributed by atoms with Gasteiger partial charge in [0.15, 0.2) is 5.11 Å². The molecule has 2 aliphatic rings. The van der Waals surface area contributed by atoms with E-state index in [0.29, 0.717) is 34.7 Å². The van der Waals surface area contributed by atoms with Gasteiger partial charge in [0.1, 0.15) is 11.8 Å². The van der Waals surface area contributed by atoms with Crippen LogP contribution in [0.2, 0.25) is 5.02 Å². The van der Waals surface area contributed by atoms with Crippen LogP contribution < -0.4 is 15.0 Å². The summed E-state index contributed by atoms with van der Waals surface area (Å²) in [6.45, 7) is 7.78. The van der Waals surface area contributed by atoms with Crippen LogP contribution >= 0.6 is 23.8 Å². The first-order valence-corrected chi connectivity index (χ1v) is 13.0. The number of hydrogen-bond donors (Lipinski definition) is 1. The number of hydrogen-bond acceptors (Lipinski definition) is 6. The molecule has 4 rings (SSSR count). The molecule has 2 amide bonds. The number of benzene rings is 2. The molecule has 2 aromatic rings. The Hall–Kier alpha value is -2.72. The number of carbonyl (C=O) groups is 2. The van der Waals surface area contributed by atoms with Gasteiger partial charge < -0.3 is 19.9 Å². The molecule has 2 saturated heterocycles. The lowest BCUT2D eigenvalue weighted by molar-refractivity contribution is -0.124. The number of likely N-dealkylation sites (N-methyl/N-ethyl adjacent to an activating group) is 1. The van der Waals surface area contributed by atoms with Crippen molar-refractivity contribution in [3.05, 3.63) is 53.6 Å². The summed E-state index contributed by atoms with van der Waals surface area (Å²) in [4.78, 5) is 34.7. The highest BCUT2D eigenvalue weighted by atomic mass is 35.5. The zero-order valence-electron chi connectivity index (χ0n) is 20.7. The zero-order chi connectivity index (χ0) is 25.7. The van der Waals surface area contributed by atoms with Crippen LogP contribution in [0.25, 0.3) is 0 Å². The smallest absolute Gasteiger partial charge is 0.256 e. The lowest BCUT2D eigenvalue weighted by atomic mass is 10.1. The van der Waals surface area contributed by atoms with Crippen LogP contribution in [-0.2, 0) is 9.59 Å². The van der Waals surface area contributed by atoms with Gasteiger partial charge in [0.05, 0.1) is 18.7 Å². The first kappa shape index (κ1) is 26.3. The minimum absolute atomic E-state index is 0.00212. The minimum atomic E-state index is -0.677. The van der Waals surface area contributed by atoms with E-state index in [-0.39, 0.29) is 18.2 Å². The number of anilines is 2. The molecule has 2 fully saturated rings. The van der Waals surface area contributed by atoms with Crippen molar-refractivity contribution in [1.82, 2.24) is 14.7 Å². The van der Waals surface area contributed by atoms with E-state index in [1.54, 1.807) is 24.3 Å². The number of carbonyl (C=O) groups excluding carboxylic acids is 2. The average molecular weight is 530 g/mol. The molecule has 0 aromatic heterocycles. The van der Waals surface area contributed by atoms with Crippen LogP contribution in [0.15, 0.2) is 48.5 Å². The number of nitrogens with one attached hydrogen (secondary N) is 1. The lowest BCUT2D eigenvalue weighted by Crippen LogP contribution is -2.48. The van der Waals surface area contributed by atoms with Crippen LogP contribution in [-0.4, -0.2) is 90.6 Å². The van der Waals surface area contributed by atoms with Crippen molar-refractivity contribution in [2.45, 2.75) is 19.4 Å². The molecule has 0 unspecified atom stereocenters. The lowest BCUT2D eigenvalue weighted by Gasteiger charge is -2.34. The third-order valence-electron chi connectivity index (χ3n) is 6.48. The predicted molar refractivity (Wildman–Crippen MR) is 147 cm³/mol. The fraction of sp³-hybridized carbons (Fsp3) is 0.423. The van der Waals surface area contributed by atoms with E-state index < -0.39 is 6.04 Å². The molecule has 2 aromatic carbocycles. The van der Waals surface area contributed by atoms with E-state index in [0.717, 1.165) is 38.5 Å². The Morgan fingerprint density at radius 2 is 1.72 bits per heavy atom. The van der Waals surface area contributed by atoms with E-state index in [2.05, 4.69) is 22.2 Å². The van der Waals surface area contributed by atoms with Crippen molar-refractivity contribution >= 4 is 52.1 Å². The van der Waals surface area contributed by atoms with E-state index >= 15 is 0 Å². The Labute approximate surface area is 222 Å². The van der Waals surface area contributed by atoms with Gasteiger partial charge >= 0.3 is 0 Å². The highest BCUT2D eigenvalue weighted by Gasteiger charge is 2.44. The molecular weight excluding hydrogens is 498 g/mol. The molecular formula is C26H32ClN5O3S. The van der Waals surface area contributed by atoms with E-state index in [1.165, 1.54) is 4.90 Å². The van der Waals surface area contributed by atoms with Crippen LogP contribution in [0.5, 0.6) is 5.75 Å². The molecule has 0 aliphatic carbocycles. The summed E-state index contributed by atoms with van der Waals surface area (Å²) in [5.41, 5.74) is 1.29. The second-order valence-electron chi connectivity index (χ2n) is 9.00. The van der Waals surface area contributed by atoms with E-state index in [4.69, 9.17) is 28.6 Å². The largest absolute Gasteiger partial charge is 0.494 e. The first-order valence-electron chi connectivity index (χ1n) is 12.2. The topological polar surface area (TPSA) is 68.4 Å². The Balaban J connectivity index is 1.50. The summed E-state index contributed by atoms with van der Waals surface area (Å²) in [5.74, 6) is 0.273. The SMILES string of the molecule is CCOc1ccc(N2C(=O)[C@H](CC(=O)Nc3ccc(Cl)cc3)N(CCN3CCN(C)CC3)C2=S)cc1. The van der Waals surface area contributed by atoms with Gasteiger partial charge in [-0.05, 0) is 74.7 Å². The first-order chi connectivity index (χ1) is 17.4. The van der Waals surface area contributed by atoms with Crippen LogP contribution in [0.1, 0.15) is 13.3 Å². The number of nitrogens with zero attached hydrogens (tertiary/aromatic N) is 4. The van der Waals surface area contributed by atoms with E-state index in [9.17, 15) is 9.59 Å². The van der Waals surface area contributed by atoms with Crippen LogP contribution in [0.4, 0.5) is 11.4 Å².